The Morgan fingerprint density at radius 3 is 2.82 bits per heavy atom. The first-order chi connectivity index (χ1) is 8.35. The molecule has 0 amide bonds. The van der Waals surface area contributed by atoms with Gasteiger partial charge in [-0.05, 0) is 18.4 Å². The van der Waals surface area contributed by atoms with Gasteiger partial charge < -0.3 is 5.32 Å². The van der Waals surface area contributed by atoms with Crippen LogP contribution in [0.2, 0.25) is 0 Å². The summed E-state index contributed by atoms with van der Waals surface area (Å²) in [7, 11) is 0. The van der Waals surface area contributed by atoms with E-state index in [9.17, 15) is 0 Å². The first-order valence-corrected chi connectivity index (χ1v) is 6.17. The van der Waals surface area contributed by atoms with Crippen LogP contribution in [0.3, 0.4) is 0 Å². The zero-order valence-electron chi connectivity index (χ0n) is 10.2. The smallest absolute Gasteiger partial charge is 0.205 e. The van der Waals surface area contributed by atoms with Crippen LogP contribution in [-0.2, 0) is 0 Å². The maximum Gasteiger partial charge on any atom is 0.205 e. The fraction of sp³-hybridized carbons (Fsp3) is 0.462. The first kappa shape index (κ1) is 11.9. The molecule has 0 heterocycles. The number of hydrazine groups is 1. The fourth-order valence-corrected chi connectivity index (χ4v) is 1.96. The Morgan fingerprint density at radius 2 is 2.18 bits per heavy atom. The lowest BCUT2D eigenvalue weighted by molar-refractivity contribution is 0.795. The minimum atomic E-state index is 0.462. The summed E-state index contributed by atoms with van der Waals surface area (Å²) < 4.78 is 0. The molecule has 2 rings (SSSR count). The maximum atomic E-state index is 5.43. The number of aliphatic imine (C=N–C) groups is 1. The summed E-state index contributed by atoms with van der Waals surface area (Å²) >= 11 is 0. The van der Waals surface area contributed by atoms with Gasteiger partial charge in [0.05, 0.1) is 0 Å². The average Bonchev–Trinajstić information content (AvgIpc) is 3.15. The van der Waals surface area contributed by atoms with E-state index in [0.29, 0.717) is 17.9 Å². The Kier molecular flexibility index (Phi) is 3.98. The molecule has 1 saturated carbocycles. The number of rotatable bonds is 4. The van der Waals surface area contributed by atoms with Crippen LogP contribution in [0.25, 0.3) is 0 Å². The molecule has 1 fully saturated rings. The highest BCUT2D eigenvalue weighted by molar-refractivity contribution is 5.80. The molecular formula is C13H20N4. The minimum Gasteiger partial charge on any atom is -0.352 e. The predicted octanol–water partition coefficient (Wildman–Crippen LogP) is 1.36. The lowest BCUT2D eigenvalue weighted by Gasteiger charge is -2.08. The van der Waals surface area contributed by atoms with Gasteiger partial charge in [-0.25, -0.2) is 5.84 Å². The lowest BCUT2D eigenvalue weighted by atomic mass is 10.1. The second kappa shape index (κ2) is 5.68. The van der Waals surface area contributed by atoms with Crippen molar-refractivity contribution in [1.29, 1.82) is 0 Å². The van der Waals surface area contributed by atoms with E-state index in [0.717, 1.165) is 19.4 Å². The SMILES string of the molecule is CCCN=C(NN)NC1CC1c1ccccc1. The highest BCUT2D eigenvalue weighted by Gasteiger charge is 2.38. The molecule has 4 N–H and O–H groups in total. The molecule has 2 unspecified atom stereocenters. The Balaban J connectivity index is 1.87. The average molecular weight is 232 g/mol. The van der Waals surface area contributed by atoms with Gasteiger partial charge in [0.1, 0.15) is 0 Å². The van der Waals surface area contributed by atoms with Crippen LogP contribution in [0.1, 0.15) is 31.2 Å². The van der Waals surface area contributed by atoms with Crippen LogP contribution in [0.4, 0.5) is 0 Å². The summed E-state index contributed by atoms with van der Waals surface area (Å²) in [5.74, 6) is 6.73. The highest BCUT2D eigenvalue weighted by atomic mass is 15.3. The van der Waals surface area contributed by atoms with Crippen LogP contribution in [0.5, 0.6) is 0 Å². The van der Waals surface area contributed by atoms with Crippen molar-refractivity contribution >= 4 is 5.96 Å². The van der Waals surface area contributed by atoms with Gasteiger partial charge in [-0.15, -0.1) is 0 Å². The molecule has 0 saturated heterocycles. The van der Waals surface area contributed by atoms with Crippen LogP contribution < -0.4 is 16.6 Å². The van der Waals surface area contributed by atoms with Gasteiger partial charge in [0, 0.05) is 18.5 Å². The quantitative estimate of drug-likeness (QED) is 0.318. The second-order valence-electron chi connectivity index (χ2n) is 4.38. The van der Waals surface area contributed by atoms with Gasteiger partial charge in [-0.1, -0.05) is 37.3 Å². The Morgan fingerprint density at radius 1 is 1.41 bits per heavy atom. The van der Waals surface area contributed by atoms with E-state index >= 15 is 0 Å². The largest absolute Gasteiger partial charge is 0.352 e. The number of nitrogens with one attached hydrogen (secondary N) is 2. The van der Waals surface area contributed by atoms with Crippen molar-refractivity contribution in [2.24, 2.45) is 10.8 Å². The number of hydrogen-bond acceptors (Lipinski definition) is 2. The van der Waals surface area contributed by atoms with E-state index in [4.69, 9.17) is 5.84 Å². The molecule has 0 radical (unpaired) electrons. The molecule has 0 aliphatic heterocycles. The van der Waals surface area contributed by atoms with Gasteiger partial charge in [-0.3, -0.25) is 10.4 Å². The van der Waals surface area contributed by atoms with Crippen molar-refractivity contribution in [3.8, 4) is 0 Å². The molecule has 92 valence electrons. The molecule has 2 atom stereocenters. The third kappa shape index (κ3) is 3.20. The summed E-state index contributed by atoms with van der Waals surface area (Å²) in [5.41, 5.74) is 4.01. The summed E-state index contributed by atoms with van der Waals surface area (Å²) in [6.45, 7) is 2.90. The number of nitrogens with zero attached hydrogens (tertiary/aromatic N) is 1. The molecular weight excluding hydrogens is 212 g/mol. The van der Waals surface area contributed by atoms with E-state index < -0.39 is 0 Å². The van der Waals surface area contributed by atoms with Gasteiger partial charge in [-0.2, -0.15) is 0 Å². The van der Waals surface area contributed by atoms with E-state index in [-0.39, 0.29) is 0 Å². The van der Waals surface area contributed by atoms with Gasteiger partial charge >= 0.3 is 0 Å². The monoisotopic (exact) mass is 232 g/mol. The van der Waals surface area contributed by atoms with Crippen molar-refractivity contribution in [3.05, 3.63) is 35.9 Å². The third-order valence-electron chi connectivity index (χ3n) is 2.97. The molecule has 1 aliphatic carbocycles. The van der Waals surface area contributed by atoms with Crippen molar-refractivity contribution in [2.45, 2.75) is 31.7 Å². The summed E-state index contributed by atoms with van der Waals surface area (Å²) in [6, 6.07) is 11.0. The molecule has 4 nitrogen and oxygen atoms in total. The Bertz CT molecular complexity index is 374. The standard InChI is InChI=1S/C13H20N4/c1-2-8-15-13(17-14)16-12-9-11(12)10-6-4-3-5-7-10/h3-7,11-12H,2,8-9,14H2,1H3,(H2,15,16,17). The van der Waals surface area contributed by atoms with Gasteiger partial charge in [0.15, 0.2) is 0 Å². The van der Waals surface area contributed by atoms with Crippen molar-refractivity contribution in [1.82, 2.24) is 10.7 Å². The Labute approximate surface area is 102 Å². The maximum absolute atomic E-state index is 5.43. The molecule has 1 aromatic carbocycles. The highest BCUT2D eigenvalue weighted by Crippen LogP contribution is 2.40. The molecule has 1 aromatic rings. The van der Waals surface area contributed by atoms with Crippen molar-refractivity contribution in [3.63, 3.8) is 0 Å². The van der Waals surface area contributed by atoms with Crippen molar-refractivity contribution in [2.75, 3.05) is 6.54 Å². The third-order valence-corrected chi connectivity index (χ3v) is 2.97. The van der Waals surface area contributed by atoms with Crippen LogP contribution in [0, 0.1) is 0 Å². The lowest BCUT2D eigenvalue weighted by Crippen LogP contribution is -2.43. The molecule has 0 spiro atoms. The van der Waals surface area contributed by atoms with Crippen molar-refractivity contribution < 1.29 is 0 Å². The second-order valence-corrected chi connectivity index (χ2v) is 4.38. The summed E-state index contributed by atoms with van der Waals surface area (Å²) in [4.78, 5) is 4.34. The summed E-state index contributed by atoms with van der Waals surface area (Å²) in [5, 5.41) is 3.34. The molecule has 0 bridgehead atoms. The minimum absolute atomic E-state index is 0.462. The van der Waals surface area contributed by atoms with E-state index in [1.165, 1.54) is 5.56 Å². The van der Waals surface area contributed by atoms with Crippen LogP contribution in [0.15, 0.2) is 35.3 Å². The van der Waals surface area contributed by atoms with Gasteiger partial charge in [0.25, 0.3) is 0 Å². The molecule has 17 heavy (non-hydrogen) atoms. The van der Waals surface area contributed by atoms with E-state index in [1.54, 1.807) is 0 Å². The number of benzene rings is 1. The molecule has 0 aromatic heterocycles. The van der Waals surface area contributed by atoms with E-state index in [2.05, 4.69) is 46.9 Å². The molecule has 4 heteroatoms. The normalized spacial score (nSPS) is 23.3. The Hall–Kier alpha value is -1.55. The van der Waals surface area contributed by atoms with Gasteiger partial charge in [0.2, 0.25) is 5.96 Å². The zero-order valence-corrected chi connectivity index (χ0v) is 10.2. The topological polar surface area (TPSA) is 62.4 Å². The number of nitrogens with two attached hydrogens (primary N) is 1. The van der Waals surface area contributed by atoms with E-state index in [1.807, 2.05) is 6.07 Å². The number of hydrogen-bond donors (Lipinski definition) is 3. The fourth-order valence-electron chi connectivity index (χ4n) is 1.96. The first-order valence-electron chi connectivity index (χ1n) is 6.17. The summed E-state index contributed by atoms with van der Waals surface area (Å²) in [6.07, 6.45) is 2.18. The zero-order chi connectivity index (χ0) is 12.1. The number of guanidine groups is 1. The van der Waals surface area contributed by atoms with Crippen LogP contribution >= 0.6 is 0 Å². The predicted molar refractivity (Wildman–Crippen MR) is 70.6 cm³/mol. The molecule has 1 aliphatic rings. The van der Waals surface area contributed by atoms with Crippen LogP contribution in [-0.4, -0.2) is 18.5 Å².